The molecule has 24 heavy (non-hydrogen) atoms. The standard InChI is InChI=1S/C19H24N2O3/c1-4-14(15-8-6-5-7-9-15)13-20-19(22)21-17-12-16(23-2)10-11-18(17)24-3/h5-12,14H,4,13H2,1-3H3,(H2,20,21,22). The molecular weight excluding hydrogens is 304 g/mol. The molecule has 0 aliphatic heterocycles. The van der Waals surface area contributed by atoms with E-state index in [1.54, 1.807) is 32.4 Å². The summed E-state index contributed by atoms with van der Waals surface area (Å²) in [5.74, 6) is 1.52. The van der Waals surface area contributed by atoms with Gasteiger partial charge in [0.25, 0.3) is 0 Å². The third-order valence-corrected chi connectivity index (χ3v) is 3.93. The molecule has 0 saturated carbocycles. The van der Waals surface area contributed by atoms with E-state index in [0.29, 0.717) is 23.7 Å². The Morgan fingerprint density at radius 1 is 1.08 bits per heavy atom. The minimum absolute atomic E-state index is 0.268. The van der Waals surface area contributed by atoms with Crippen molar-refractivity contribution in [3.63, 3.8) is 0 Å². The second-order valence-electron chi connectivity index (χ2n) is 5.42. The maximum atomic E-state index is 12.2. The van der Waals surface area contributed by atoms with E-state index >= 15 is 0 Å². The van der Waals surface area contributed by atoms with Gasteiger partial charge in [-0.15, -0.1) is 0 Å². The quantitative estimate of drug-likeness (QED) is 0.807. The molecular formula is C19H24N2O3. The Bertz CT molecular complexity index is 659. The van der Waals surface area contributed by atoms with Crippen LogP contribution < -0.4 is 20.1 Å². The van der Waals surface area contributed by atoms with Crippen molar-refractivity contribution in [2.45, 2.75) is 19.3 Å². The van der Waals surface area contributed by atoms with E-state index in [2.05, 4.69) is 29.7 Å². The van der Waals surface area contributed by atoms with E-state index in [1.165, 1.54) is 5.56 Å². The smallest absolute Gasteiger partial charge is 0.319 e. The van der Waals surface area contributed by atoms with E-state index in [4.69, 9.17) is 9.47 Å². The maximum absolute atomic E-state index is 12.2. The first-order valence-corrected chi connectivity index (χ1v) is 7.99. The van der Waals surface area contributed by atoms with Gasteiger partial charge in [-0.05, 0) is 24.1 Å². The second kappa shape index (κ2) is 8.82. The number of anilines is 1. The topological polar surface area (TPSA) is 59.6 Å². The lowest BCUT2D eigenvalue weighted by Crippen LogP contribution is -2.32. The van der Waals surface area contributed by atoms with Crippen LogP contribution in [0.15, 0.2) is 48.5 Å². The Morgan fingerprint density at radius 2 is 1.83 bits per heavy atom. The molecule has 0 aromatic heterocycles. The number of hydrogen-bond acceptors (Lipinski definition) is 3. The zero-order chi connectivity index (χ0) is 17.4. The van der Waals surface area contributed by atoms with Crippen molar-refractivity contribution < 1.29 is 14.3 Å². The highest BCUT2D eigenvalue weighted by Crippen LogP contribution is 2.28. The molecule has 128 valence electrons. The summed E-state index contributed by atoms with van der Waals surface area (Å²) in [6.07, 6.45) is 0.951. The summed E-state index contributed by atoms with van der Waals surface area (Å²) in [5.41, 5.74) is 1.79. The van der Waals surface area contributed by atoms with Crippen LogP contribution in [0.3, 0.4) is 0 Å². The average molecular weight is 328 g/mol. The predicted molar refractivity (Wildman–Crippen MR) is 96.0 cm³/mol. The largest absolute Gasteiger partial charge is 0.497 e. The van der Waals surface area contributed by atoms with Gasteiger partial charge >= 0.3 is 6.03 Å². The van der Waals surface area contributed by atoms with Gasteiger partial charge in [0.05, 0.1) is 19.9 Å². The van der Waals surface area contributed by atoms with E-state index in [1.807, 2.05) is 18.2 Å². The summed E-state index contributed by atoms with van der Waals surface area (Å²) in [5, 5.41) is 5.74. The molecule has 0 fully saturated rings. The van der Waals surface area contributed by atoms with Gasteiger partial charge in [-0.2, -0.15) is 0 Å². The van der Waals surface area contributed by atoms with Crippen molar-refractivity contribution in [2.75, 3.05) is 26.1 Å². The first-order chi connectivity index (χ1) is 11.7. The van der Waals surface area contributed by atoms with E-state index in [0.717, 1.165) is 6.42 Å². The highest BCUT2D eigenvalue weighted by atomic mass is 16.5. The third-order valence-electron chi connectivity index (χ3n) is 3.93. The van der Waals surface area contributed by atoms with E-state index in [9.17, 15) is 4.79 Å². The number of benzene rings is 2. The molecule has 0 aliphatic rings. The van der Waals surface area contributed by atoms with Gasteiger partial charge in [-0.1, -0.05) is 37.3 Å². The number of amides is 2. The van der Waals surface area contributed by atoms with Crippen molar-refractivity contribution in [1.29, 1.82) is 0 Å². The number of hydrogen-bond donors (Lipinski definition) is 2. The SMILES string of the molecule is CCC(CNC(=O)Nc1cc(OC)ccc1OC)c1ccccc1. The summed E-state index contributed by atoms with van der Waals surface area (Å²) in [4.78, 5) is 12.2. The zero-order valence-electron chi connectivity index (χ0n) is 14.3. The summed E-state index contributed by atoms with van der Waals surface area (Å²) in [7, 11) is 3.14. The highest BCUT2D eigenvalue weighted by Gasteiger charge is 2.12. The number of nitrogens with one attached hydrogen (secondary N) is 2. The van der Waals surface area contributed by atoms with Crippen LogP contribution in [0.1, 0.15) is 24.8 Å². The van der Waals surface area contributed by atoms with Gasteiger partial charge in [0.15, 0.2) is 0 Å². The molecule has 0 radical (unpaired) electrons. The first-order valence-electron chi connectivity index (χ1n) is 7.99. The van der Waals surface area contributed by atoms with Gasteiger partial charge in [0, 0.05) is 18.5 Å². The van der Waals surface area contributed by atoms with Crippen molar-refractivity contribution in [3.8, 4) is 11.5 Å². The van der Waals surface area contributed by atoms with Crippen LogP contribution in [-0.4, -0.2) is 26.8 Å². The number of carbonyl (C=O) groups is 1. The van der Waals surface area contributed by atoms with Crippen LogP contribution in [0.5, 0.6) is 11.5 Å². The molecule has 2 aromatic rings. The molecule has 0 aliphatic carbocycles. The van der Waals surface area contributed by atoms with E-state index < -0.39 is 0 Å². The maximum Gasteiger partial charge on any atom is 0.319 e. The normalized spacial score (nSPS) is 11.5. The molecule has 5 heteroatoms. The monoisotopic (exact) mass is 328 g/mol. The Kier molecular flexibility index (Phi) is 6.49. The lowest BCUT2D eigenvalue weighted by Gasteiger charge is -2.17. The Morgan fingerprint density at radius 3 is 2.46 bits per heavy atom. The molecule has 0 heterocycles. The number of carbonyl (C=O) groups excluding carboxylic acids is 1. The molecule has 1 atom stereocenters. The molecule has 0 saturated heterocycles. The number of rotatable bonds is 7. The minimum atomic E-state index is -0.268. The summed E-state index contributed by atoms with van der Waals surface area (Å²) < 4.78 is 10.4. The second-order valence-corrected chi connectivity index (χ2v) is 5.42. The molecule has 0 bridgehead atoms. The number of ether oxygens (including phenoxy) is 2. The summed E-state index contributed by atoms with van der Waals surface area (Å²) in [6, 6.07) is 15.2. The Hall–Kier alpha value is -2.69. The number of urea groups is 1. The van der Waals surface area contributed by atoms with Crippen molar-refractivity contribution in [1.82, 2.24) is 5.32 Å². The first kappa shape index (κ1) is 17.7. The fraction of sp³-hybridized carbons (Fsp3) is 0.316. The fourth-order valence-electron chi connectivity index (χ4n) is 2.52. The van der Waals surface area contributed by atoms with Crippen molar-refractivity contribution in [2.24, 2.45) is 0 Å². The van der Waals surface area contributed by atoms with Crippen molar-refractivity contribution in [3.05, 3.63) is 54.1 Å². The van der Waals surface area contributed by atoms with Crippen LogP contribution >= 0.6 is 0 Å². The van der Waals surface area contributed by atoms with Crippen LogP contribution in [0.2, 0.25) is 0 Å². The molecule has 5 nitrogen and oxygen atoms in total. The summed E-state index contributed by atoms with van der Waals surface area (Å²) in [6.45, 7) is 2.68. The molecule has 2 aromatic carbocycles. The van der Waals surface area contributed by atoms with Gasteiger partial charge in [-0.25, -0.2) is 4.79 Å². The van der Waals surface area contributed by atoms with Crippen LogP contribution in [0.25, 0.3) is 0 Å². The molecule has 2 rings (SSSR count). The minimum Gasteiger partial charge on any atom is -0.497 e. The lowest BCUT2D eigenvalue weighted by molar-refractivity contribution is 0.251. The molecule has 2 amide bonds. The lowest BCUT2D eigenvalue weighted by atomic mass is 9.97. The highest BCUT2D eigenvalue weighted by molar-refractivity contribution is 5.91. The van der Waals surface area contributed by atoms with Crippen LogP contribution in [-0.2, 0) is 0 Å². The number of methoxy groups -OCH3 is 2. The van der Waals surface area contributed by atoms with Gasteiger partial charge in [0.1, 0.15) is 11.5 Å². The Labute approximate surface area is 143 Å². The van der Waals surface area contributed by atoms with E-state index in [-0.39, 0.29) is 11.9 Å². The third kappa shape index (κ3) is 4.65. The van der Waals surface area contributed by atoms with Crippen molar-refractivity contribution >= 4 is 11.7 Å². The molecule has 2 N–H and O–H groups in total. The van der Waals surface area contributed by atoms with Crippen LogP contribution in [0, 0.1) is 0 Å². The fourth-order valence-corrected chi connectivity index (χ4v) is 2.52. The molecule has 1 unspecified atom stereocenters. The average Bonchev–Trinajstić information content (AvgIpc) is 2.63. The van der Waals surface area contributed by atoms with Gasteiger partial charge < -0.3 is 20.1 Å². The predicted octanol–water partition coefficient (Wildman–Crippen LogP) is 4.02. The molecule has 0 spiro atoms. The van der Waals surface area contributed by atoms with Gasteiger partial charge in [0.2, 0.25) is 0 Å². The zero-order valence-corrected chi connectivity index (χ0v) is 14.3. The summed E-state index contributed by atoms with van der Waals surface area (Å²) >= 11 is 0. The van der Waals surface area contributed by atoms with Gasteiger partial charge in [-0.3, -0.25) is 0 Å². The Balaban J connectivity index is 1.98. The van der Waals surface area contributed by atoms with Crippen LogP contribution in [0.4, 0.5) is 10.5 Å².